The number of carbonyl (C=O) groups excluding carboxylic acids is 2. The number of aromatic nitrogens is 1. The van der Waals surface area contributed by atoms with Crippen LogP contribution < -0.4 is 21.2 Å². The van der Waals surface area contributed by atoms with Crippen molar-refractivity contribution in [3.8, 4) is 5.75 Å². The maximum Gasteiger partial charge on any atom is 0.248 e. The average molecular weight is 425 g/mol. The van der Waals surface area contributed by atoms with Gasteiger partial charge in [-0.15, -0.1) is 0 Å². The minimum Gasteiger partial charge on any atom is -0.483 e. The second-order valence-corrected chi connectivity index (χ2v) is 6.65. The molecule has 0 fully saturated rings. The number of nitrogens with zero attached hydrogens (tertiary/aromatic N) is 1. The highest BCUT2D eigenvalue weighted by Gasteiger charge is 2.12. The van der Waals surface area contributed by atoms with Gasteiger partial charge in [0.2, 0.25) is 17.2 Å². The Labute approximate surface area is 176 Å². The predicted molar refractivity (Wildman–Crippen MR) is 111 cm³/mol. The number of nitrogens with two attached hydrogens (primary N) is 1. The minimum absolute atomic E-state index is 0.0842. The van der Waals surface area contributed by atoms with E-state index in [1.165, 1.54) is 47.2 Å². The highest BCUT2D eigenvalue weighted by Crippen LogP contribution is 2.14. The van der Waals surface area contributed by atoms with Crippen molar-refractivity contribution in [2.24, 2.45) is 5.73 Å². The number of rotatable bonds is 8. The molecule has 3 rings (SSSR count). The first-order chi connectivity index (χ1) is 14.9. The monoisotopic (exact) mass is 425 g/mol. The van der Waals surface area contributed by atoms with Crippen molar-refractivity contribution in [1.29, 1.82) is 0 Å². The molecule has 4 N–H and O–H groups in total. The quantitative estimate of drug-likeness (QED) is 0.508. The number of ether oxygens (including phenoxy) is 1. The van der Waals surface area contributed by atoms with Gasteiger partial charge in [0.1, 0.15) is 19.0 Å². The summed E-state index contributed by atoms with van der Waals surface area (Å²) < 4.78 is 20.6. The van der Waals surface area contributed by atoms with E-state index in [-0.39, 0.29) is 30.2 Å². The van der Waals surface area contributed by atoms with E-state index >= 15 is 0 Å². The number of primary amides is 1. The van der Waals surface area contributed by atoms with Gasteiger partial charge in [-0.2, -0.15) is 0 Å². The number of carbonyl (C=O) groups is 2. The van der Waals surface area contributed by atoms with E-state index in [4.69, 9.17) is 10.5 Å². The molecule has 0 saturated carbocycles. The fourth-order valence-electron chi connectivity index (χ4n) is 2.83. The number of hydrogen-bond donors (Lipinski definition) is 3. The van der Waals surface area contributed by atoms with Crippen LogP contribution in [0.25, 0.3) is 0 Å². The van der Waals surface area contributed by atoms with Gasteiger partial charge in [-0.1, -0.05) is 18.2 Å². The lowest BCUT2D eigenvalue weighted by atomic mass is 10.2. The van der Waals surface area contributed by atoms with Gasteiger partial charge in [0, 0.05) is 28.6 Å². The third-order valence-electron chi connectivity index (χ3n) is 4.45. The normalized spacial score (nSPS) is 10.5. The van der Waals surface area contributed by atoms with Crippen LogP contribution in [0.5, 0.6) is 5.75 Å². The molecule has 0 atom stereocenters. The summed E-state index contributed by atoms with van der Waals surface area (Å²) in [7, 11) is 0. The molecule has 0 aliphatic rings. The van der Waals surface area contributed by atoms with Gasteiger partial charge in [0.25, 0.3) is 0 Å². The third kappa shape index (κ3) is 5.55. The van der Waals surface area contributed by atoms with Crippen molar-refractivity contribution >= 4 is 17.5 Å². The number of halogens is 1. The van der Waals surface area contributed by atoms with Crippen molar-refractivity contribution in [1.82, 2.24) is 4.57 Å². The Kier molecular flexibility index (Phi) is 6.78. The number of aliphatic hydroxyl groups excluding tert-OH is 1. The molecule has 160 valence electrons. The van der Waals surface area contributed by atoms with Crippen LogP contribution in [0.1, 0.15) is 21.6 Å². The SMILES string of the molecule is NC(=O)c1ccc(NC(=O)Cn2cc(OCc3ccccc3F)c(=O)cc2CO)cc1. The standard InChI is InChI=1S/C22H20FN3O5/c23-18-4-2-1-3-15(18)13-31-20-10-26(17(12-27)9-19(20)28)11-21(29)25-16-7-5-14(6-8-16)22(24)30/h1-10,27H,11-13H2,(H2,24,30)(H,25,29). The molecule has 0 aliphatic heterocycles. The highest BCUT2D eigenvalue weighted by atomic mass is 19.1. The Morgan fingerprint density at radius 3 is 2.48 bits per heavy atom. The largest absolute Gasteiger partial charge is 0.483 e. The first kappa shape index (κ1) is 21.7. The molecule has 0 radical (unpaired) electrons. The molecule has 31 heavy (non-hydrogen) atoms. The summed E-state index contributed by atoms with van der Waals surface area (Å²) in [4.78, 5) is 35.8. The topological polar surface area (TPSA) is 124 Å². The number of anilines is 1. The second kappa shape index (κ2) is 9.68. The smallest absolute Gasteiger partial charge is 0.248 e. The van der Waals surface area contributed by atoms with Crippen molar-refractivity contribution in [2.75, 3.05) is 5.32 Å². The van der Waals surface area contributed by atoms with Crippen LogP contribution in [0.4, 0.5) is 10.1 Å². The Bertz CT molecular complexity index is 1160. The minimum atomic E-state index is -0.582. The summed E-state index contributed by atoms with van der Waals surface area (Å²) in [6.07, 6.45) is 1.30. The number of nitrogens with one attached hydrogen (secondary N) is 1. The van der Waals surface area contributed by atoms with Crippen LogP contribution in [0.3, 0.4) is 0 Å². The molecule has 0 saturated heterocycles. The van der Waals surface area contributed by atoms with Gasteiger partial charge < -0.3 is 25.5 Å². The molecular weight excluding hydrogens is 405 g/mol. The zero-order valence-electron chi connectivity index (χ0n) is 16.4. The molecule has 2 aromatic carbocycles. The van der Waals surface area contributed by atoms with Crippen molar-refractivity contribution in [3.05, 3.63) is 93.7 Å². The summed E-state index contributed by atoms with van der Waals surface area (Å²) in [5.74, 6) is -1.57. The highest BCUT2D eigenvalue weighted by molar-refractivity contribution is 5.94. The van der Waals surface area contributed by atoms with E-state index in [9.17, 15) is 23.9 Å². The predicted octanol–water partition coefficient (Wildman–Crippen LogP) is 1.80. The zero-order valence-corrected chi connectivity index (χ0v) is 16.4. The lowest BCUT2D eigenvalue weighted by molar-refractivity contribution is -0.116. The van der Waals surface area contributed by atoms with E-state index in [0.29, 0.717) is 11.3 Å². The Hall–Kier alpha value is -3.98. The third-order valence-corrected chi connectivity index (χ3v) is 4.45. The van der Waals surface area contributed by atoms with Gasteiger partial charge in [0.05, 0.1) is 12.8 Å². The fraction of sp³-hybridized carbons (Fsp3) is 0.136. The van der Waals surface area contributed by atoms with Crippen LogP contribution in [0.15, 0.2) is 65.6 Å². The molecule has 0 spiro atoms. The summed E-state index contributed by atoms with van der Waals surface area (Å²) >= 11 is 0. The maximum atomic E-state index is 13.8. The van der Waals surface area contributed by atoms with Gasteiger partial charge >= 0.3 is 0 Å². The number of amides is 2. The van der Waals surface area contributed by atoms with E-state index < -0.39 is 29.7 Å². The Balaban J connectivity index is 1.74. The molecule has 2 amide bonds. The van der Waals surface area contributed by atoms with Crippen LogP contribution in [0.2, 0.25) is 0 Å². The molecular formula is C22H20FN3O5. The lowest BCUT2D eigenvalue weighted by Gasteiger charge is -2.14. The summed E-state index contributed by atoms with van der Waals surface area (Å²) in [5, 5.41) is 12.2. The molecule has 1 heterocycles. The van der Waals surface area contributed by atoms with E-state index in [1.54, 1.807) is 12.1 Å². The van der Waals surface area contributed by atoms with Crippen LogP contribution in [0, 0.1) is 5.82 Å². The average Bonchev–Trinajstić information content (AvgIpc) is 2.75. The number of pyridine rings is 1. The van der Waals surface area contributed by atoms with Crippen LogP contribution in [-0.2, 0) is 24.6 Å². The van der Waals surface area contributed by atoms with E-state index in [0.717, 1.165) is 6.07 Å². The number of benzene rings is 2. The summed E-state index contributed by atoms with van der Waals surface area (Å²) in [6, 6.07) is 13.2. The first-order valence-electron chi connectivity index (χ1n) is 9.27. The van der Waals surface area contributed by atoms with Crippen LogP contribution >= 0.6 is 0 Å². The van der Waals surface area contributed by atoms with Crippen molar-refractivity contribution in [2.45, 2.75) is 19.8 Å². The van der Waals surface area contributed by atoms with Gasteiger partial charge in [-0.25, -0.2) is 4.39 Å². The van der Waals surface area contributed by atoms with Gasteiger partial charge in [0.15, 0.2) is 5.75 Å². The van der Waals surface area contributed by atoms with E-state index in [1.807, 2.05) is 0 Å². The van der Waals surface area contributed by atoms with Gasteiger partial charge in [-0.3, -0.25) is 14.4 Å². The molecule has 3 aromatic rings. The summed E-state index contributed by atoms with van der Waals surface area (Å²) in [5.41, 5.74) is 5.91. The molecule has 8 nitrogen and oxygen atoms in total. The first-order valence-corrected chi connectivity index (χ1v) is 9.27. The second-order valence-electron chi connectivity index (χ2n) is 6.65. The zero-order chi connectivity index (χ0) is 22.4. The molecule has 0 aliphatic carbocycles. The molecule has 9 heteroatoms. The maximum absolute atomic E-state index is 13.8. The van der Waals surface area contributed by atoms with Crippen molar-refractivity contribution < 1.29 is 23.8 Å². The van der Waals surface area contributed by atoms with Gasteiger partial charge in [-0.05, 0) is 30.3 Å². The van der Waals surface area contributed by atoms with Crippen LogP contribution in [-0.4, -0.2) is 21.5 Å². The van der Waals surface area contributed by atoms with E-state index in [2.05, 4.69) is 5.32 Å². The lowest BCUT2D eigenvalue weighted by Crippen LogP contribution is -2.23. The molecule has 1 aromatic heterocycles. The molecule has 0 bridgehead atoms. The molecule has 0 unspecified atom stereocenters. The number of aliphatic hydroxyl groups is 1. The number of hydrogen-bond acceptors (Lipinski definition) is 5. The summed E-state index contributed by atoms with van der Waals surface area (Å²) in [6.45, 7) is -0.855. The Morgan fingerprint density at radius 2 is 1.84 bits per heavy atom. The Morgan fingerprint density at radius 1 is 1.13 bits per heavy atom. The van der Waals surface area contributed by atoms with Crippen molar-refractivity contribution in [3.63, 3.8) is 0 Å². The fourth-order valence-corrected chi connectivity index (χ4v) is 2.83.